The molecule has 0 fully saturated rings. The number of benzene rings is 2. The van der Waals surface area contributed by atoms with E-state index in [1.807, 2.05) is 30.9 Å². The molecule has 1 aliphatic heterocycles. The number of fused-ring (bicyclic) bond motifs is 2. The highest BCUT2D eigenvalue weighted by atomic mass is 32.2. The van der Waals surface area contributed by atoms with Gasteiger partial charge in [-0.2, -0.15) is 0 Å². The SMILES string of the molecule is CCOc1ccc(C(C)c2ccc3c(c2)Nc2ccccc2S3)cn1. The van der Waals surface area contributed by atoms with E-state index >= 15 is 0 Å². The van der Waals surface area contributed by atoms with Crippen molar-refractivity contribution in [2.45, 2.75) is 29.6 Å². The number of hydrogen-bond donors (Lipinski definition) is 1. The fraction of sp³-hybridized carbons (Fsp3) is 0.190. The number of aromatic nitrogens is 1. The zero-order valence-electron chi connectivity index (χ0n) is 14.3. The molecule has 4 rings (SSSR count). The molecule has 25 heavy (non-hydrogen) atoms. The summed E-state index contributed by atoms with van der Waals surface area (Å²) < 4.78 is 5.43. The Morgan fingerprint density at radius 1 is 1.00 bits per heavy atom. The standard InChI is InChI=1S/C21H20N2OS/c1-3-24-21-11-9-16(13-22-21)14(2)15-8-10-20-18(12-15)23-17-6-4-5-7-19(17)25-20/h4-14,23H,3H2,1-2H3. The molecule has 1 unspecified atom stereocenters. The van der Waals surface area contributed by atoms with Crippen LogP contribution in [-0.4, -0.2) is 11.6 Å². The second-order valence-corrected chi connectivity index (χ2v) is 7.15. The number of hydrogen-bond acceptors (Lipinski definition) is 4. The van der Waals surface area contributed by atoms with Crippen molar-refractivity contribution < 1.29 is 4.74 Å². The molecular formula is C21H20N2OS. The minimum absolute atomic E-state index is 0.275. The van der Waals surface area contributed by atoms with Crippen molar-refractivity contribution in [3.05, 3.63) is 71.9 Å². The number of nitrogens with one attached hydrogen (secondary N) is 1. The van der Waals surface area contributed by atoms with Gasteiger partial charge >= 0.3 is 0 Å². The summed E-state index contributed by atoms with van der Waals surface area (Å²) in [4.78, 5) is 6.92. The normalized spacial score (nSPS) is 13.4. The summed E-state index contributed by atoms with van der Waals surface area (Å²) in [5.41, 5.74) is 4.81. The summed E-state index contributed by atoms with van der Waals surface area (Å²) in [5.74, 6) is 0.955. The Labute approximate surface area is 152 Å². The molecule has 0 spiro atoms. The van der Waals surface area contributed by atoms with Crippen LogP contribution >= 0.6 is 11.8 Å². The molecule has 1 aliphatic rings. The molecule has 3 nitrogen and oxygen atoms in total. The minimum atomic E-state index is 0.275. The van der Waals surface area contributed by atoms with Gasteiger partial charge in [-0.15, -0.1) is 0 Å². The third-order valence-electron chi connectivity index (χ3n) is 4.43. The number of nitrogens with zero attached hydrogens (tertiary/aromatic N) is 1. The van der Waals surface area contributed by atoms with Crippen LogP contribution in [0, 0.1) is 0 Å². The maximum atomic E-state index is 5.43. The topological polar surface area (TPSA) is 34.1 Å². The number of rotatable bonds is 4. The second kappa shape index (κ2) is 6.81. The van der Waals surface area contributed by atoms with Crippen LogP contribution < -0.4 is 10.1 Å². The molecule has 2 heterocycles. The smallest absolute Gasteiger partial charge is 0.213 e. The Morgan fingerprint density at radius 3 is 2.60 bits per heavy atom. The first-order valence-electron chi connectivity index (χ1n) is 8.51. The number of anilines is 2. The molecule has 4 heteroatoms. The molecule has 0 bridgehead atoms. The van der Waals surface area contributed by atoms with Gasteiger partial charge in [0.1, 0.15) is 0 Å². The lowest BCUT2D eigenvalue weighted by molar-refractivity contribution is 0.326. The van der Waals surface area contributed by atoms with Gasteiger partial charge in [0.15, 0.2) is 0 Å². The van der Waals surface area contributed by atoms with Crippen LogP contribution in [0.3, 0.4) is 0 Å². The molecule has 1 N–H and O–H groups in total. The second-order valence-electron chi connectivity index (χ2n) is 6.06. The van der Waals surface area contributed by atoms with Crippen LogP contribution in [0.4, 0.5) is 11.4 Å². The fourth-order valence-corrected chi connectivity index (χ4v) is 3.97. The molecule has 1 atom stereocenters. The molecule has 0 radical (unpaired) electrons. The highest BCUT2D eigenvalue weighted by molar-refractivity contribution is 7.99. The third-order valence-corrected chi connectivity index (χ3v) is 5.58. The summed E-state index contributed by atoms with van der Waals surface area (Å²) in [5, 5.41) is 3.56. The van der Waals surface area contributed by atoms with Gasteiger partial charge in [-0.1, -0.05) is 43.0 Å². The van der Waals surface area contributed by atoms with Gasteiger partial charge in [-0.3, -0.25) is 0 Å². The number of para-hydroxylation sites is 1. The van der Waals surface area contributed by atoms with Crippen molar-refractivity contribution in [3.8, 4) is 5.88 Å². The van der Waals surface area contributed by atoms with Crippen molar-refractivity contribution >= 4 is 23.1 Å². The third kappa shape index (κ3) is 3.22. The summed E-state index contributed by atoms with van der Waals surface area (Å²) in [6, 6.07) is 19.1. The quantitative estimate of drug-likeness (QED) is 0.502. The lowest BCUT2D eigenvalue weighted by atomic mass is 9.94. The average Bonchev–Trinajstić information content (AvgIpc) is 2.66. The summed E-state index contributed by atoms with van der Waals surface area (Å²) in [6.07, 6.45) is 1.91. The highest BCUT2D eigenvalue weighted by Gasteiger charge is 2.17. The first kappa shape index (κ1) is 16.0. The first-order valence-corrected chi connectivity index (χ1v) is 9.33. The van der Waals surface area contributed by atoms with E-state index in [2.05, 4.69) is 65.8 Å². The predicted octanol–water partition coefficient (Wildman–Crippen LogP) is 5.84. The molecular weight excluding hydrogens is 328 g/mol. The monoisotopic (exact) mass is 348 g/mol. The van der Waals surface area contributed by atoms with Crippen LogP contribution in [0.1, 0.15) is 30.9 Å². The molecule has 3 aromatic rings. The van der Waals surface area contributed by atoms with Crippen molar-refractivity contribution in [2.75, 3.05) is 11.9 Å². The van der Waals surface area contributed by atoms with E-state index in [1.165, 1.54) is 32.3 Å². The molecule has 1 aromatic heterocycles. The number of pyridine rings is 1. The van der Waals surface area contributed by atoms with Gasteiger partial charge in [0.2, 0.25) is 5.88 Å². The van der Waals surface area contributed by atoms with E-state index < -0.39 is 0 Å². The van der Waals surface area contributed by atoms with Crippen molar-refractivity contribution in [1.82, 2.24) is 4.98 Å². The highest BCUT2D eigenvalue weighted by Crippen LogP contribution is 2.45. The van der Waals surface area contributed by atoms with Crippen molar-refractivity contribution in [1.29, 1.82) is 0 Å². The fourth-order valence-electron chi connectivity index (χ4n) is 3.00. The van der Waals surface area contributed by atoms with Crippen LogP contribution in [0.5, 0.6) is 5.88 Å². The molecule has 0 saturated heterocycles. The molecule has 2 aromatic carbocycles. The van der Waals surface area contributed by atoms with E-state index in [-0.39, 0.29) is 5.92 Å². The maximum absolute atomic E-state index is 5.43. The van der Waals surface area contributed by atoms with Gasteiger partial charge in [-0.05, 0) is 42.3 Å². The molecule has 0 saturated carbocycles. The van der Waals surface area contributed by atoms with Gasteiger partial charge in [0, 0.05) is 28.0 Å². The zero-order chi connectivity index (χ0) is 17.2. The van der Waals surface area contributed by atoms with E-state index in [1.54, 1.807) is 0 Å². The maximum Gasteiger partial charge on any atom is 0.213 e. The van der Waals surface area contributed by atoms with Crippen LogP contribution in [0.15, 0.2) is 70.6 Å². The zero-order valence-corrected chi connectivity index (χ0v) is 15.1. The predicted molar refractivity (Wildman–Crippen MR) is 103 cm³/mol. The van der Waals surface area contributed by atoms with Crippen molar-refractivity contribution in [2.24, 2.45) is 0 Å². The Morgan fingerprint density at radius 2 is 1.80 bits per heavy atom. The van der Waals surface area contributed by atoms with E-state index in [4.69, 9.17) is 4.74 Å². The molecule has 0 amide bonds. The Bertz CT molecular complexity index is 893. The minimum Gasteiger partial charge on any atom is -0.478 e. The van der Waals surface area contributed by atoms with Gasteiger partial charge in [0.25, 0.3) is 0 Å². The van der Waals surface area contributed by atoms with Gasteiger partial charge in [0.05, 0.1) is 18.0 Å². The summed E-state index contributed by atoms with van der Waals surface area (Å²) in [7, 11) is 0. The summed E-state index contributed by atoms with van der Waals surface area (Å²) >= 11 is 1.81. The molecule has 126 valence electrons. The largest absolute Gasteiger partial charge is 0.478 e. The average molecular weight is 348 g/mol. The Balaban J connectivity index is 1.60. The van der Waals surface area contributed by atoms with E-state index in [0.717, 1.165) is 0 Å². The van der Waals surface area contributed by atoms with Crippen molar-refractivity contribution in [3.63, 3.8) is 0 Å². The Kier molecular flexibility index (Phi) is 4.36. The number of ether oxygens (including phenoxy) is 1. The molecule has 0 aliphatic carbocycles. The van der Waals surface area contributed by atoms with Gasteiger partial charge < -0.3 is 10.1 Å². The van der Waals surface area contributed by atoms with Crippen LogP contribution in [0.2, 0.25) is 0 Å². The Hall–Kier alpha value is -2.46. The van der Waals surface area contributed by atoms with E-state index in [0.29, 0.717) is 12.5 Å². The van der Waals surface area contributed by atoms with Gasteiger partial charge in [-0.25, -0.2) is 4.98 Å². The summed E-state index contributed by atoms with van der Waals surface area (Å²) in [6.45, 7) is 4.81. The van der Waals surface area contributed by atoms with E-state index in [9.17, 15) is 0 Å². The van der Waals surface area contributed by atoms with Crippen LogP contribution in [0.25, 0.3) is 0 Å². The van der Waals surface area contributed by atoms with Crippen LogP contribution in [-0.2, 0) is 0 Å². The first-order chi connectivity index (χ1) is 12.2. The lowest BCUT2D eigenvalue weighted by Crippen LogP contribution is -2.03. The lowest BCUT2D eigenvalue weighted by Gasteiger charge is -2.22.